The summed E-state index contributed by atoms with van der Waals surface area (Å²) in [5.41, 5.74) is -3.67. The molecule has 0 bridgehead atoms. The van der Waals surface area contributed by atoms with Crippen LogP contribution in [0.15, 0.2) is 29.2 Å². The predicted molar refractivity (Wildman–Crippen MR) is 287 cm³/mol. The number of carboxylic acid groups (broad SMARTS) is 1. The number of aromatic carboxylic acids is 1. The van der Waals surface area contributed by atoms with Crippen LogP contribution in [0.1, 0.15) is 124 Å². The number of aryl methyl sites for hydroxylation is 1. The maximum absolute atomic E-state index is 14.9. The molecule has 1 aromatic heterocycles. The van der Waals surface area contributed by atoms with Gasteiger partial charge in [-0.05, 0) is 125 Å². The smallest absolute Gasteiger partial charge is 0.477 e. The Kier molecular flexibility index (Phi) is 21.5. The highest BCUT2D eigenvalue weighted by Crippen LogP contribution is 2.43. The second-order valence-corrected chi connectivity index (χ2v) is 23.3. The van der Waals surface area contributed by atoms with Gasteiger partial charge in [-0.3, -0.25) is 19.3 Å². The number of cyclic esters (lactones) is 1. The Morgan fingerprint density at radius 2 is 1.62 bits per heavy atom. The van der Waals surface area contributed by atoms with E-state index in [1.807, 2.05) is 85.5 Å². The molecule has 1 aromatic carbocycles. The molecule has 0 unspecified atom stereocenters. The average molecular weight is 1120 g/mol. The zero-order valence-corrected chi connectivity index (χ0v) is 49.2. The number of aromatic nitrogens is 1. The highest BCUT2D eigenvalue weighted by molar-refractivity contribution is 5.92. The van der Waals surface area contributed by atoms with Crippen LogP contribution in [0.2, 0.25) is 0 Å². The monoisotopic (exact) mass is 1120 g/mol. The molecule has 0 amide bonds. The van der Waals surface area contributed by atoms with E-state index in [1.165, 1.54) is 18.8 Å². The zero-order chi connectivity index (χ0) is 58.5. The van der Waals surface area contributed by atoms with Crippen molar-refractivity contribution >= 4 is 35.0 Å². The lowest BCUT2D eigenvalue weighted by Gasteiger charge is -2.49. The number of esters is 2. The van der Waals surface area contributed by atoms with Gasteiger partial charge in [-0.1, -0.05) is 26.8 Å². The molecule has 22 nitrogen and oxygen atoms in total. The van der Waals surface area contributed by atoms with Gasteiger partial charge in [0.15, 0.2) is 30.4 Å². The van der Waals surface area contributed by atoms with Crippen LogP contribution in [-0.4, -0.2) is 201 Å². The van der Waals surface area contributed by atoms with E-state index in [2.05, 4.69) is 0 Å². The molecular formula is C57H89N3O19. The first-order valence-corrected chi connectivity index (χ1v) is 27.8. The number of likely N-dealkylation sites (N-methyl/N-ethyl adjacent to an activating group) is 2. The molecule has 2 N–H and O–H groups in total. The fraction of sp³-hybridized carbons (Fsp3) is 0.772. The van der Waals surface area contributed by atoms with Crippen molar-refractivity contribution in [1.82, 2.24) is 14.5 Å². The second kappa shape index (κ2) is 26.6. The molecule has 4 aliphatic rings. The third-order valence-corrected chi connectivity index (χ3v) is 16.6. The molecule has 4 aliphatic heterocycles. The van der Waals surface area contributed by atoms with Gasteiger partial charge in [-0.15, -0.1) is 0 Å². The Morgan fingerprint density at radius 3 is 2.25 bits per heavy atom. The first-order chi connectivity index (χ1) is 37.1. The van der Waals surface area contributed by atoms with Crippen LogP contribution in [0.4, 0.5) is 4.79 Å². The Hall–Kier alpha value is -4.49. The van der Waals surface area contributed by atoms with Crippen LogP contribution in [-0.2, 0) is 68.1 Å². The molecule has 18 atom stereocenters. The largest absolute Gasteiger partial charge is 0.509 e. The Morgan fingerprint density at radius 1 is 0.911 bits per heavy atom. The molecule has 4 fully saturated rings. The van der Waals surface area contributed by atoms with Gasteiger partial charge in [0.1, 0.15) is 24.9 Å². The Balaban J connectivity index is 1.24. The predicted octanol–water partition coefficient (Wildman–Crippen LogP) is 5.40. The van der Waals surface area contributed by atoms with Gasteiger partial charge in [-0.2, -0.15) is 4.73 Å². The highest BCUT2D eigenvalue weighted by atomic mass is 16.8. The molecule has 22 heteroatoms. The number of aliphatic hydroxyl groups is 1. The van der Waals surface area contributed by atoms with Crippen molar-refractivity contribution in [3.63, 3.8) is 0 Å². The number of carbonyl (C=O) groups excluding carboxylic acids is 3. The van der Waals surface area contributed by atoms with E-state index in [1.54, 1.807) is 40.0 Å². The minimum absolute atomic E-state index is 0.148. The highest BCUT2D eigenvalue weighted by Gasteiger charge is 2.58. The van der Waals surface area contributed by atoms with Gasteiger partial charge >= 0.3 is 24.1 Å². The molecule has 0 spiro atoms. The molecule has 0 saturated carbocycles. The lowest BCUT2D eigenvalue weighted by atomic mass is 9.77. The van der Waals surface area contributed by atoms with E-state index in [4.69, 9.17) is 56.9 Å². The molecule has 2 aromatic rings. The normalized spacial score (nSPS) is 37.1. The molecule has 6 rings (SSSR count). The summed E-state index contributed by atoms with van der Waals surface area (Å²) >= 11 is 0. The van der Waals surface area contributed by atoms with Gasteiger partial charge in [0.05, 0.1) is 77.9 Å². The van der Waals surface area contributed by atoms with E-state index >= 15 is 0 Å². The number of hydrogen-bond acceptors (Lipinski definition) is 20. The summed E-state index contributed by atoms with van der Waals surface area (Å²) in [5, 5.41) is 22.8. The van der Waals surface area contributed by atoms with Gasteiger partial charge in [-0.25, -0.2) is 9.59 Å². The summed E-state index contributed by atoms with van der Waals surface area (Å²) in [4.78, 5) is 74.6. The fourth-order valence-corrected chi connectivity index (χ4v) is 12.5. The minimum atomic E-state index is -1.64. The third kappa shape index (κ3) is 14.6. The lowest BCUT2D eigenvalue weighted by molar-refractivity contribution is -0.321. The van der Waals surface area contributed by atoms with Gasteiger partial charge in [0.25, 0.3) is 0 Å². The SMILES string of the molecule is CC[C@H]1OC(=O)[C@H](C)[C@@H](O[C@H]2C[C@@](C)(OC)[C@@H](OCCOCCCc3ccc4c(c3)c(=O)c(C(=O)O)cn4OC)[C@H](C)O2)[C@H](C)[C@@H](O[C@@H]2O[C@H](C)C[C@H](N(C)C)[C@H]2OC(C)=O)[C@](C)(O)C[C@@H](C)CN(C)[C@H](C)[C@H]2OC(=O)O[C@@]21C. The molecule has 79 heavy (non-hydrogen) atoms. The molecule has 446 valence electrons. The van der Waals surface area contributed by atoms with Gasteiger partial charge < -0.3 is 72.1 Å². The van der Waals surface area contributed by atoms with Crippen LogP contribution in [0, 0.1) is 17.8 Å². The Bertz CT molecular complexity index is 2470. The second-order valence-electron chi connectivity index (χ2n) is 23.3. The number of nitrogens with zero attached hydrogens (tertiary/aromatic N) is 3. The summed E-state index contributed by atoms with van der Waals surface area (Å²) in [6, 6.07) is 4.56. The molecule has 5 heterocycles. The number of methoxy groups -OCH3 is 1. The third-order valence-electron chi connectivity index (χ3n) is 16.6. The van der Waals surface area contributed by atoms with Crippen molar-refractivity contribution in [2.24, 2.45) is 17.8 Å². The van der Waals surface area contributed by atoms with Crippen LogP contribution < -0.4 is 10.3 Å². The van der Waals surface area contributed by atoms with Gasteiger partial charge in [0, 0.05) is 45.6 Å². The number of hydrogen-bond donors (Lipinski definition) is 2. The minimum Gasteiger partial charge on any atom is -0.477 e. The molecule has 4 saturated heterocycles. The van der Waals surface area contributed by atoms with Crippen molar-refractivity contribution in [1.29, 1.82) is 0 Å². The number of pyridine rings is 1. The maximum Gasteiger partial charge on any atom is 0.509 e. The van der Waals surface area contributed by atoms with Crippen LogP contribution >= 0.6 is 0 Å². The van der Waals surface area contributed by atoms with Crippen LogP contribution in [0.3, 0.4) is 0 Å². The van der Waals surface area contributed by atoms with E-state index in [-0.39, 0.29) is 61.5 Å². The maximum atomic E-state index is 14.9. The number of carboxylic acids is 1. The number of ether oxygens (including phenoxy) is 11. The Labute approximate surface area is 464 Å². The summed E-state index contributed by atoms with van der Waals surface area (Å²) < 4.78 is 71.2. The average Bonchev–Trinajstić information content (AvgIpc) is 3.73. The zero-order valence-electron chi connectivity index (χ0n) is 49.2. The van der Waals surface area contributed by atoms with E-state index < -0.39 is 119 Å². The fourth-order valence-electron chi connectivity index (χ4n) is 12.5. The van der Waals surface area contributed by atoms with E-state index in [0.29, 0.717) is 37.9 Å². The summed E-state index contributed by atoms with van der Waals surface area (Å²) in [6.07, 6.45) is -5.87. The van der Waals surface area contributed by atoms with Crippen molar-refractivity contribution in [2.45, 2.75) is 205 Å². The molecular weight excluding hydrogens is 1030 g/mol. The summed E-state index contributed by atoms with van der Waals surface area (Å²) in [6.45, 7) is 21.0. The quantitative estimate of drug-likeness (QED) is 0.108. The van der Waals surface area contributed by atoms with E-state index in [0.717, 1.165) is 11.8 Å². The van der Waals surface area contributed by atoms with Crippen LogP contribution in [0.5, 0.6) is 0 Å². The standard InChI is InChI=1S/C57H89N3O19/c1-17-43-57(11)49(78-54(66)79-57)35(6)59(14)29-31(2)27-55(9,67)48(77-53-47(74-37(8)61)42(58(12)13)25-32(3)72-53)33(4)46(34(5)52(65)75-43)76-44-28-56(10,68-15)50(36(7)73-44)71-24-23-70-22-18-19-38-20-21-41-39(26-38)45(62)40(51(63)64)30-60(41)69-16/h20-21,26,30-36,42-44,46-50,53,67H,17-19,22-25,27-29H2,1-16H3,(H,63,64)/t31-,32-,33+,34-,35-,36+,42+,43-,44+,46+,47-,48-,49-,50+,53+,55-,56-,57-/m1/s1. The number of rotatable bonds is 18. The van der Waals surface area contributed by atoms with Crippen LogP contribution in [0.25, 0.3) is 10.9 Å². The summed E-state index contributed by atoms with van der Waals surface area (Å²) in [5.74, 6) is -4.59. The first kappa shape index (κ1) is 63.7. The lowest BCUT2D eigenvalue weighted by Crippen LogP contribution is -2.61. The topological polar surface area (TPSA) is 248 Å². The first-order valence-electron chi connectivity index (χ1n) is 27.8. The van der Waals surface area contributed by atoms with Crippen molar-refractivity contribution < 1.29 is 86.3 Å². The van der Waals surface area contributed by atoms with Crippen molar-refractivity contribution in [3.05, 3.63) is 45.7 Å². The molecule has 0 aliphatic carbocycles. The van der Waals surface area contributed by atoms with E-state index in [9.17, 15) is 34.2 Å². The molecule has 0 radical (unpaired) electrons. The number of fused-ring (bicyclic) bond motifs is 2. The number of benzene rings is 1. The number of carbonyl (C=O) groups is 4. The van der Waals surface area contributed by atoms with Gasteiger partial charge in [0.2, 0.25) is 5.43 Å². The van der Waals surface area contributed by atoms with Crippen molar-refractivity contribution in [2.75, 3.05) is 61.7 Å². The van der Waals surface area contributed by atoms with Crippen molar-refractivity contribution in [3.8, 4) is 0 Å². The summed E-state index contributed by atoms with van der Waals surface area (Å²) in [7, 11) is 8.67.